The standard InChI is InChI=1S/C33H36ClF3N4O3S2/c1-33(2,21-6-11-28(36)30(16-21)44-5)31-19-38-32(41(31)24-9-7-22(35)8-10-24)45-20-26-27(34)17-25(18-29(26)37)46(42,43)40-14-12-23(13-15-40)39(3)4/h6-11,16-19,23H,12-15,20H2,1-5H3/p+1. The number of hydrogen-bond acceptors (Lipinski definition) is 5. The van der Waals surface area contributed by atoms with E-state index in [1.807, 2.05) is 18.4 Å². The molecule has 0 unspecified atom stereocenters. The molecule has 4 aromatic rings. The van der Waals surface area contributed by atoms with Gasteiger partial charge in [0.25, 0.3) is 0 Å². The summed E-state index contributed by atoms with van der Waals surface area (Å²) in [6.07, 6.45) is 3.12. The zero-order valence-electron chi connectivity index (χ0n) is 26.3. The van der Waals surface area contributed by atoms with Gasteiger partial charge in [0, 0.05) is 53.4 Å². The Morgan fingerprint density at radius 3 is 2.30 bits per heavy atom. The molecule has 0 spiro atoms. The van der Waals surface area contributed by atoms with Gasteiger partial charge in [-0.2, -0.15) is 4.31 Å². The first-order valence-corrected chi connectivity index (χ1v) is 17.6. The first-order chi connectivity index (χ1) is 21.7. The maximum Gasteiger partial charge on any atom is 0.243 e. The van der Waals surface area contributed by atoms with E-state index in [1.54, 1.807) is 30.5 Å². The monoisotopic (exact) mass is 693 g/mol. The number of hydrogen-bond donors (Lipinski definition) is 1. The second-order valence-corrected chi connectivity index (χ2v) is 15.4. The van der Waals surface area contributed by atoms with Crippen LogP contribution in [0, 0.1) is 17.5 Å². The van der Waals surface area contributed by atoms with Crippen LogP contribution in [0.3, 0.4) is 0 Å². The highest BCUT2D eigenvalue weighted by Gasteiger charge is 2.33. The summed E-state index contributed by atoms with van der Waals surface area (Å²) in [7, 11) is 1.58. The minimum absolute atomic E-state index is 0.00227. The summed E-state index contributed by atoms with van der Waals surface area (Å²) in [4.78, 5) is 5.74. The number of imidazole rings is 1. The largest absolute Gasteiger partial charge is 0.494 e. The molecule has 1 aliphatic rings. The van der Waals surface area contributed by atoms with Crippen LogP contribution in [0.2, 0.25) is 5.02 Å². The summed E-state index contributed by atoms with van der Waals surface area (Å²) in [5.41, 5.74) is 1.50. The molecule has 7 nitrogen and oxygen atoms in total. The smallest absolute Gasteiger partial charge is 0.243 e. The molecule has 0 saturated carbocycles. The van der Waals surface area contributed by atoms with Crippen LogP contribution in [0.25, 0.3) is 5.69 Å². The summed E-state index contributed by atoms with van der Waals surface area (Å²) < 4.78 is 78.9. The van der Waals surface area contributed by atoms with Gasteiger partial charge in [-0.25, -0.2) is 26.6 Å². The molecule has 1 saturated heterocycles. The van der Waals surface area contributed by atoms with Crippen molar-refractivity contribution in [3.63, 3.8) is 0 Å². The Morgan fingerprint density at radius 1 is 1.02 bits per heavy atom. The number of nitrogens with one attached hydrogen (secondary N) is 1. The van der Waals surface area contributed by atoms with Crippen LogP contribution >= 0.6 is 23.4 Å². The molecule has 2 heterocycles. The lowest BCUT2D eigenvalue weighted by molar-refractivity contribution is -0.887. The summed E-state index contributed by atoms with van der Waals surface area (Å²) >= 11 is 7.73. The van der Waals surface area contributed by atoms with E-state index in [0.717, 1.165) is 24.5 Å². The zero-order chi connectivity index (χ0) is 33.4. The maximum absolute atomic E-state index is 15.6. The second kappa shape index (κ2) is 13.6. The van der Waals surface area contributed by atoms with Gasteiger partial charge in [-0.05, 0) is 54.1 Å². The van der Waals surface area contributed by atoms with Gasteiger partial charge in [-0.15, -0.1) is 0 Å². The van der Waals surface area contributed by atoms with Crippen molar-refractivity contribution in [2.24, 2.45) is 0 Å². The number of sulfonamides is 1. The summed E-state index contributed by atoms with van der Waals surface area (Å²) in [6, 6.07) is 13.2. The van der Waals surface area contributed by atoms with Gasteiger partial charge in [0.15, 0.2) is 16.7 Å². The number of thioether (sulfide) groups is 1. The summed E-state index contributed by atoms with van der Waals surface area (Å²) in [5, 5.41) is 0.472. The molecule has 1 fully saturated rings. The molecular formula is C33H37ClF3N4O3S2+. The highest BCUT2D eigenvalue weighted by molar-refractivity contribution is 7.98. The molecular weight excluding hydrogens is 657 g/mol. The lowest BCUT2D eigenvalue weighted by Crippen LogP contribution is -3.10. The number of benzene rings is 3. The number of methoxy groups -OCH3 is 1. The van der Waals surface area contributed by atoms with Gasteiger partial charge in [-0.3, -0.25) is 4.57 Å². The second-order valence-electron chi connectivity index (χ2n) is 12.1. The molecule has 1 N–H and O–H groups in total. The Balaban J connectivity index is 1.45. The highest BCUT2D eigenvalue weighted by Crippen LogP contribution is 2.39. The molecule has 0 aliphatic carbocycles. The van der Waals surface area contributed by atoms with Crippen molar-refractivity contribution in [1.82, 2.24) is 13.9 Å². The van der Waals surface area contributed by atoms with E-state index in [1.165, 1.54) is 52.3 Å². The molecule has 13 heteroatoms. The lowest BCUT2D eigenvalue weighted by Gasteiger charge is -2.32. The third-order valence-corrected chi connectivity index (χ3v) is 11.9. The van der Waals surface area contributed by atoms with E-state index in [2.05, 4.69) is 19.1 Å². The minimum atomic E-state index is -3.92. The highest BCUT2D eigenvalue weighted by atomic mass is 35.5. The van der Waals surface area contributed by atoms with Crippen LogP contribution < -0.4 is 9.64 Å². The normalized spacial score (nSPS) is 15.1. The molecule has 246 valence electrons. The Kier molecular flexibility index (Phi) is 10.1. The third-order valence-electron chi connectivity index (χ3n) is 8.70. The number of ether oxygens (including phenoxy) is 1. The molecule has 0 atom stereocenters. The predicted molar refractivity (Wildman–Crippen MR) is 174 cm³/mol. The molecule has 46 heavy (non-hydrogen) atoms. The van der Waals surface area contributed by atoms with Crippen LogP contribution in [0.4, 0.5) is 13.2 Å². The average Bonchev–Trinajstić information content (AvgIpc) is 3.46. The van der Waals surface area contributed by atoms with Gasteiger partial charge in [0.1, 0.15) is 11.6 Å². The number of rotatable bonds is 10. The van der Waals surface area contributed by atoms with Crippen LogP contribution in [0.15, 0.2) is 70.8 Å². The Bertz CT molecular complexity index is 1800. The lowest BCUT2D eigenvalue weighted by atomic mass is 9.81. The first kappa shape index (κ1) is 34.3. The fourth-order valence-corrected chi connectivity index (χ4v) is 8.69. The van der Waals surface area contributed by atoms with Gasteiger partial charge in [-0.1, -0.05) is 43.3 Å². The maximum atomic E-state index is 15.6. The van der Waals surface area contributed by atoms with Crippen LogP contribution in [-0.4, -0.2) is 62.6 Å². The van der Waals surface area contributed by atoms with Crippen molar-refractivity contribution >= 4 is 33.4 Å². The third kappa shape index (κ3) is 6.82. The van der Waals surface area contributed by atoms with E-state index in [4.69, 9.17) is 16.3 Å². The van der Waals surface area contributed by atoms with Gasteiger partial charge in [0.2, 0.25) is 10.0 Å². The van der Waals surface area contributed by atoms with E-state index in [0.29, 0.717) is 35.7 Å². The summed E-state index contributed by atoms with van der Waals surface area (Å²) in [6.45, 7) is 4.63. The number of halogens is 4. The quantitative estimate of drug-likeness (QED) is 0.211. The molecule has 0 radical (unpaired) electrons. The number of aromatic nitrogens is 2. The van der Waals surface area contributed by atoms with Crippen molar-refractivity contribution < 1.29 is 31.2 Å². The molecule has 0 amide bonds. The summed E-state index contributed by atoms with van der Waals surface area (Å²) in [5.74, 6) is -1.48. The van der Waals surface area contributed by atoms with Crippen molar-refractivity contribution in [2.75, 3.05) is 34.3 Å². The van der Waals surface area contributed by atoms with E-state index >= 15 is 4.39 Å². The van der Waals surface area contributed by atoms with Crippen molar-refractivity contribution in [1.29, 1.82) is 0 Å². The SMILES string of the molecule is COc1cc(C(C)(C)c2cnc(SCc3c(F)cc(S(=O)(=O)N4CCC([NH+](C)C)CC4)cc3Cl)n2-c2ccc(F)cc2)ccc1F. The average molecular weight is 694 g/mol. The number of nitrogens with zero attached hydrogens (tertiary/aromatic N) is 3. The zero-order valence-corrected chi connectivity index (χ0v) is 28.7. The van der Waals surface area contributed by atoms with Crippen LogP contribution in [0.5, 0.6) is 5.75 Å². The number of quaternary nitrogens is 1. The van der Waals surface area contributed by atoms with Crippen LogP contribution in [-0.2, 0) is 21.2 Å². The molecule has 1 aromatic heterocycles. The Labute approximate surface area is 277 Å². The minimum Gasteiger partial charge on any atom is -0.494 e. The van der Waals surface area contributed by atoms with Gasteiger partial charge >= 0.3 is 0 Å². The molecule has 1 aliphatic heterocycles. The van der Waals surface area contributed by atoms with Gasteiger partial charge < -0.3 is 9.64 Å². The van der Waals surface area contributed by atoms with E-state index < -0.39 is 32.9 Å². The Morgan fingerprint density at radius 2 is 1.70 bits per heavy atom. The first-order valence-electron chi connectivity index (χ1n) is 14.8. The molecule has 3 aromatic carbocycles. The van der Waals surface area contributed by atoms with Crippen molar-refractivity contribution in [3.05, 3.63) is 100 Å². The number of piperidine rings is 1. The van der Waals surface area contributed by atoms with Gasteiger partial charge in [0.05, 0.1) is 44.0 Å². The van der Waals surface area contributed by atoms with E-state index in [-0.39, 0.29) is 27.0 Å². The fraction of sp³-hybridized carbons (Fsp3) is 0.364. The topological polar surface area (TPSA) is 68.9 Å². The van der Waals surface area contributed by atoms with Crippen molar-refractivity contribution in [3.8, 4) is 11.4 Å². The Hall–Kier alpha value is -3.03. The molecule has 5 rings (SSSR count). The molecule has 0 bridgehead atoms. The predicted octanol–water partition coefficient (Wildman–Crippen LogP) is 5.87. The van der Waals surface area contributed by atoms with E-state index in [9.17, 15) is 17.2 Å². The van der Waals surface area contributed by atoms with Crippen LogP contribution in [0.1, 0.15) is 43.5 Å². The fourth-order valence-electron chi connectivity index (χ4n) is 5.74. The van der Waals surface area contributed by atoms with Crippen molar-refractivity contribution in [2.45, 2.75) is 54.0 Å².